The van der Waals surface area contributed by atoms with Gasteiger partial charge in [0, 0.05) is 11.0 Å². The van der Waals surface area contributed by atoms with E-state index in [1.807, 2.05) is 66.7 Å². The highest BCUT2D eigenvalue weighted by Crippen LogP contribution is 2.16. The molecule has 0 radical (unpaired) electrons. The van der Waals surface area contributed by atoms with Crippen molar-refractivity contribution >= 4 is 28.1 Å². The Morgan fingerprint density at radius 3 is 2.57 bits per heavy atom. The first-order valence-electron chi connectivity index (χ1n) is 6.61. The summed E-state index contributed by atoms with van der Waals surface area (Å²) in [5, 5.41) is 2.68. The number of hydrogen-bond donors (Lipinski definition) is 1. The molecule has 21 heavy (non-hydrogen) atoms. The molecule has 2 aromatic rings. The normalized spacial score (nSPS) is 10.5. The van der Waals surface area contributed by atoms with Crippen molar-refractivity contribution in [2.45, 2.75) is 6.61 Å². The van der Waals surface area contributed by atoms with Gasteiger partial charge in [0.1, 0.15) is 6.61 Å². The van der Waals surface area contributed by atoms with Gasteiger partial charge in [-0.1, -0.05) is 76.6 Å². The fraction of sp³-hybridized carbons (Fsp3) is 0.118. The Morgan fingerprint density at radius 2 is 1.81 bits per heavy atom. The van der Waals surface area contributed by atoms with Crippen LogP contribution in [0.3, 0.4) is 0 Å². The van der Waals surface area contributed by atoms with E-state index in [1.54, 1.807) is 0 Å². The molecule has 4 heteroatoms. The molecule has 2 rings (SSSR count). The third-order valence-corrected chi connectivity index (χ3v) is 3.50. The smallest absolute Gasteiger partial charge is 0.407 e. The first-order valence-corrected chi connectivity index (χ1v) is 7.40. The van der Waals surface area contributed by atoms with Crippen LogP contribution in [-0.2, 0) is 11.3 Å². The van der Waals surface area contributed by atoms with E-state index in [0.29, 0.717) is 6.54 Å². The fourth-order valence-corrected chi connectivity index (χ4v) is 2.13. The summed E-state index contributed by atoms with van der Waals surface area (Å²) >= 11 is 3.46. The molecule has 0 heterocycles. The van der Waals surface area contributed by atoms with Gasteiger partial charge in [-0.25, -0.2) is 4.79 Å². The van der Waals surface area contributed by atoms with Crippen LogP contribution in [0, 0.1) is 0 Å². The van der Waals surface area contributed by atoms with E-state index in [4.69, 9.17) is 4.74 Å². The Bertz CT molecular complexity index is 611. The zero-order valence-electron chi connectivity index (χ0n) is 11.5. The SMILES string of the molecule is O=C(NCC=Cc1ccccc1Br)OCc1ccccc1. The van der Waals surface area contributed by atoms with Crippen LogP contribution < -0.4 is 5.32 Å². The number of ether oxygens (including phenoxy) is 1. The minimum Gasteiger partial charge on any atom is -0.445 e. The lowest BCUT2D eigenvalue weighted by Gasteiger charge is -2.05. The molecular weight excluding hydrogens is 330 g/mol. The number of carbonyl (C=O) groups is 1. The molecule has 0 aliphatic rings. The maximum atomic E-state index is 11.5. The molecule has 0 atom stereocenters. The van der Waals surface area contributed by atoms with Gasteiger partial charge >= 0.3 is 6.09 Å². The highest BCUT2D eigenvalue weighted by atomic mass is 79.9. The van der Waals surface area contributed by atoms with E-state index < -0.39 is 6.09 Å². The van der Waals surface area contributed by atoms with Crippen LogP contribution in [0.15, 0.2) is 65.1 Å². The lowest BCUT2D eigenvalue weighted by molar-refractivity contribution is 0.141. The molecule has 3 nitrogen and oxygen atoms in total. The summed E-state index contributed by atoms with van der Waals surface area (Å²) in [6, 6.07) is 17.5. The summed E-state index contributed by atoms with van der Waals surface area (Å²) in [5.74, 6) is 0. The minimum atomic E-state index is -0.421. The lowest BCUT2D eigenvalue weighted by Crippen LogP contribution is -2.24. The summed E-state index contributed by atoms with van der Waals surface area (Å²) in [4.78, 5) is 11.5. The number of carbonyl (C=O) groups excluding carboxylic acids is 1. The van der Waals surface area contributed by atoms with Crippen LogP contribution in [0.5, 0.6) is 0 Å². The van der Waals surface area contributed by atoms with Crippen LogP contribution in [0.25, 0.3) is 6.08 Å². The van der Waals surface area contributed by atoms with Crippen molar-refractivity contribution in [1.82, 2.24) is 5.32 Å². The monoisotopic (exact) mass is 345 g/mol. The molecule has 108 valence electrons. The summed E-state index contributed by atoms with van der Waals surface area (Å²) in [7, 11) is 0. The highest BCUT2D eigenvalue weighted by molar-refractivity contribution is 9.10. The first-order chi connectivity index (χ1) is 10.3. The van der Waals surface area contributed by atoms with Crippen molar-refractivity contribution in [3.63, 3.8) is 0 Å². The predicted molar refractivity (Wildman–Crippen MR) is 87.8 cm³/mol. The van der Waals surface area contributed by atoms with Gasteiger partial charge in [0.05, 0.1) is 0 Å². The van der Waals surface area contributed by atoms with Crippen molar-refractivity contribution in [3.05, 3.63) is 76.3 Å². The summed E-state index contributed by atoms with van der Waals surface area (Å²) in [6.45, 7) is 0.704. The molecule has 0 fully saturated rings. The van der Waals surface area contributed by atoms with E-state index in [-0.39, 0.29) is 6.61 Å². The van der Waals surface area contributed by atoms with Gasteiger partial charge in [-0.3, -0.25) is 0 Å². The minimum absolute atomic E-state index is 0.278. The van der Waals surface area contributed by atoms with Gasteiger partial charge in [-0.2, -0.15) is 0 Å². The number of alkyl carbamates (subject to hydrolysis) is 1. The average molecular weight is 346 g/mol. The topological polar surface area (TPSA) is 38.3 Å². The maximum Gasteiger partial charge on any atom is 0.407 e. The number of nitrogens with one attached hydrogen (secondary N) is 1. The third-order valence-electron chi connectivity index (χ3n) is 2.78. The quantitative estimate of drug-likeness (QED) is 0.872. The Morgan fingerprint density at radius 1 is 1.10 bits per heavy atom. The number of benzene rings is 2. The molecule has 0 aliphatic carbocycles. The summed E-state index contributed by atoms with van der Waals surface area (Å²) < 4.78 is 6.13. The molecule has 0 saturated heterocycles. The molecular formula is C17H16BrNO2. The van der Waals surface area contributed by atoms with Gasteiger partial charge in [0.25, 0.3) is 0 Å². The molecule has 0 spiro atoms. The van der Waals surface area contributed by atoms with Crippen LogP contribution >= 0.6 is 15.9 Å². The standard InChI is InChI=1S/C17H16BrNO2/c18-16-11-5-4-9-15(16)10-6-12-19-17(20)21-13-14-7-2-1-3-8-14/h1-11H,12-13H2,(H,19,20). The maximum absolute atomic E-state index is 11.5. The zero-order valence-corrected chi connectivity index (χ0v) is 13.0. The largest absolute Gasteiger partial charge is 0.445 e. The molecule has 0 bridgehead atoms. The molecule has 1 N–H and O–H groups in total. The van der Waals surface area contributed by atoms with E-state index in [0.717, 1.165) is 15.6 Å². The number of rotatable bonds is 5. The second-order valence-corrected chi connectivity index (χ2v) is 5.22. The zero-order chi connectivity index (χ0) is 14.9. The predicted octanol–water partition coefficient (Wildman–Crippen LogP) is 4.39. The van der Waals surface area contributed by atoms with Gasteiger partial charge in [-0.05, 0) is 17.2 Å². The van der Waals surface area contributed by atoms with E-state index in [2.05, 4.69) is 21.2 Å². The van der Waals surface area contributed by atoms with Gasteiger partial charge < -0.3 is 10.1 Å². The average Bonchev–Trinajstić information content (AvgIpc) is 2.52. The van der Waals surface area contributed by atoms with Crippen molar-refractivity contribution in [2.24, 2.45) is 0 Å². The van der Waals surface area contributed by atoms with Gasteiger partial charge in [0.15, 0.2) is 0 Å². The van der Waals surface area contributed by atoms with Crippen LogP contribution in [0.2, 0.25) is 0 Å². The van der Waals surface area contributed by atoms with E-state index >= 15 is 0 Å². The number of amides is 1. The van der Waals surface area contributed by atoms with Crippen molar-refractivity contribution < 1.29 is 9.53 Å². The fourth-order valence-electron chi connectivity index (χ4n) is 1.71. The number of halogens is 1. The van der Waals surface area contributed by atoms with E-state index in [1.165, 1.54) is 0 Å². The van der Waals surface area contributed by atoms with Crippen LogP contribution in [0.4, 0.5) is 4.79 Å². The first kappa shape index (κ1) is 15.3. The summed E-state index contributed by atoms with van der Waals surface area (Å²) in [5.41, 5.74) is 2.04. The molecule has 0 aromatic heterocycles. The highest BCUT2D eigenvalue weighted by Gasteiger charge is 2.00. The van der Waals surface area contributed by atoms with Crippen molar-refractivity contribution in [1.29, 1.82) is 0 Å². The van der Waals surface area contributed by atoms with Gasteiger partial charge in [0.2, 0.25) is 0 Å². The molecule has 0 saturated carbocycles. The number of hydrogen-bond acceptors (Lipinski definition) is 2. The molecule has 0 aliphatic heterocycles. The second-order valence-electron chi connectivity index (χ2n) is 4.37. The van der Waals surface area contributed by atoms with Crippen molar-refractivity contribution in [3.8, 4) is 0 Å². The Hall–Kier alpha value is -2.07. The van der Waals surface area contributed by atoms with Crippen LogP contribution in [-0.4, -0.2) is 12.6 Å². The van der Waals surface area contributed by atoms with Crippen LogP contribution in [0.1, 0.15) is 11.1 Å². The molecule has 0 unspecified atom stereocenters. The van der Waals surface area contributed by atoms with Crippen molar-refractivity contribution in [2.75, 3.05) is 6.54 Å². The third kappa shape index (κ3) is 5.44. The molecule has 2 aromatic carbocycles. The van der Waals surface area contributed by atoms with E-state index in [9.17, 15) is 4.79 Å². The second kappa shape index (κ2) is 8.27. The summed E-state index contributed by atoms with van der Waals surface area (Å²) in [6.07, 6.45) is 3.40. The Kier molecular flexibility index (Phi) is 6.03. The van der Waals surface area contributed by atoms with Gasteiger partial charge in [-0.15, -0.1) is 0 Å². The Balaban J connectivity index is 1.71. The Labute approximate surface area is 132 Å². The molecule has 1 amide bonds. The lowest BCUT2D eigenvalue weighted by atomic mass is 10.2.